The minimum absolute atomic E-state index is 0.318. The average molecular weight is 312 g/mol. The summed E-state index contributed by atoms with van der Waals surface area (Å²) in [6.45, 7) is 5.02. The topological polar surface area (TPSA) is 67.6 Å². The monoisotopic (exact) mass is 311 g/mol. The summed E-state index contributed by atoms with van der Waals surface area (Å²) in [4.78, 5) is 14.3. The molecule has 116 valence electrons. The van der Waals surface area contributed by atoms with Gasteiger partial charge in [0.2, 0.25) is 0 Å². The first-order valence-corrected chi connectivity index (χ1v) is 7.57. The lowest BCUT2D eigenvalue weighted by Gasteiger charge is -2.17. The third-order valence-electron chi connectivity index (χ3n) is 3.66. The maximum atomic E-state index is 12.0. The number of carbonyl (C=O) groups excluding carboxylic acids is 1. The molecule has 5 nitrogen and oxygen atoms in total. The molecule has 0 amide bonds. The third kappa shape index (κ3) is 4.02. The number of hydrogen-bond acceptors (Lipinski definition) is 5. The van der Waals surface area contributed by atoms with Crippen LogP contribution in [-0.4, -0.2) is 44.2 Å². The van der Waals surface area contributed by atoms with Gasteiger partial charge in [0.05, 0.1) is 22.9 Å². The highest BCUT2D eigenvalue weighted by Crippen LogP contribution is 2.30. The van der Waals surface area contributed by atoms with Gasteiger partial charge >= 0.3 is 5.97 Å². The Kier molecular flexibility index (Phi) is 5.31. The molecule has 21 heavy (non-hydrogen) atoms. The highest BCUT2D eigenvalue weighted by Gasteiger charge is 2.21. The molecule has 1 aromatic carbocycles. The van der Waals surface area contributed by atoms with Crippen molar-refractivity contribution < 1.29 is 9.53 Å². The van der Waals surface area contributed by atoms with Crippen molar-refractivity contribution >= 4 is 28.9 Å². The zero-order chi connectivity index (χ0) is 15.4. The summed E-state index contributed by atoms with van der Waals surface area (Å²) >= 11 is 6.23. The molecule has 6 heteroatoms. The van der Waals surface area contributed by atoms with Crippen LogP contribution in [0.4, 0.5) is 11.4 Å². The second-order valence-electron chi connectivity index (χ2n) is 5.44. The number of ether oxygens (including phenoxy) is 1. The first-order valence-electron chi connectivity index (χ1n) is 7.19. The van der Waals surface area contributed by atoms with E-state index in [4.69, 9.17) is 22.1 Å². The number of nitrogens with zero attached hydrogens (tertiary/aromatic N) is 1. The number of hydrogen-bond donors (Lipinski definition) is 2. The van der Waals surface area contributed by atoms with E-state index in [2.05, 4.69) is 17.3 Å². The van der Waals surface area contributed by atoms with Crippen LogP contribution in [-0.2, 0) is 4.74 Å². The molecule has 0 aliphatic carbocycles. The quantitative estimate of drug-likeness (QED) is 0.646. The predicted molar refractivity (Wildman–Crippen MR) is 85.9 cm³/mol. The molecule has 0 radical (unpaired) electrons. The van der Waals surface area contributed by atoms with Gasteiger partial charge in [0, 0.05) is 18.8 Å². The van der Waals surface area contributed by atoms with Gasteiger partial charge in [0.15, 0.2) is 0 Å². The molecular weight excluding hydrogens is 290 g/mol. The molecule has 1 atom stereocenters. The zero-order valence-electron chi connectivity index (χ0n) is 12.5. The van der Waals surface area contributed by atoms with Crippen molar-refractivity contribution in [3.05, 3.63) is 22.7 Å². The lowest BCUT2D eigenvalue weighted by Crippen LogP contribution is -2.20. The smallest absolute Gasteiger partial charge is 0.340 e. The lowest BCUT2D eigenvalue weighted by molar-refractivity contribution is 0.0527. The Morgan fingerprint density at radius 3 is 2.95 bits per heavy atom. The summed E-state index contributed by atoms with van der Waals surface area (Å²) in [7, 11) is 2.11. The second-order valence-corrected chi connectivity index (χ2v) is 5.85. The Bertz CT molecular complexity index is 522. The van der Waals surface area contributed by atoms with Crippen LogP contribution < -0.4 is 11.1 Å². The molecule has 1 aliphatic heterocycles. The standard InChI is InChI=1S/C15H22ClN3O2/c1-3-21-15(20)12-6-11(17)7-13(16)14(12)18-8-10-4-5-19(2)9-10/h6-7,10,18H,3-5,8-9,17H2,1-2H3. The largest absolute Gasteiger partial charge is 0.462 e. The van der Waals surface area contributed by atoms with Gasteiger partial charge in [0.1, 0.15) is 0 Å². The van der Waals surface area contributed by atoms with Crippen molar-refractivity contribution in [3.63, 3.8) is 0 Å². The number of anilines is 2. The Hall–Kier alpha value is -1.46. The maximum absolute atomic E-state index is 12.0. The van der Waals surface area contributed by atoms with E-state index >= 15 is 0 Å². The van der Waals surface area contributed by atoms with E-state index in [1.54, 1.807) is 19.1 Å². The van der Waals surface area contributed by atoms with E-state index in [0.29, 0.717) is 34.5 Å². The number of nitrogens with one attached hydrogen (secondary N) is 1. The molecule has 1 unspecified atom stereocenters. The van der Waals surface area contributed by atoms with E-state index in [9.17, 15) is 4.79 Å². The number of likely N-dealkylation sites (tertiary alicyclic amines) is 1. The molecule has 1 fully saturated rings. The van der Waals surface area contributed by atoms with E-state index in [1.165, 1.54) is 0 Å². The van der Waals surface area contributed by atoms with Crippen molar-refractivity contribution in [1.29, 1.82) is 0 Å². The van der Waals surface area contributed by atoms with Crippen molar-refractivity contribution in [2.24, 2.45) is 5.92 Å². The van der Waals surface area contributed by atoms with E-state index in [1.807, 2.05) is 0 Å². The molecule has 2 rings (SSSR count). The molecule has 1 aliphatic rings. The molecule has 1 aromatic rings. The van der Waals surface area contributed by atoms with Gasteiger partial charge in [-0.1, -0.05) is 11.6 Å². The van der Waals surface area contributed by atoms with Crippen LogP contribution in [0.15, 0.2) is 12.1 Å². The molecular formula is C15H22ClN3O2. The number of nitrogen functional groups attached to an aromatic ring is 1. The fourth-order valence-electron chi connectivity index (χ4n) is 2.62. The van der Waals surface area contributed by atoms with Crippen molar-refractivity contribution in [2.45, 2.75) is 13.3 Å². The van der Waals surface area contributed by atoms with E-state index in [-0.39, 0.29) is 0 Å². The SMILES string of the molecule is CCOC(=O)c1cc(N)cc(Cl)c1NCC1CCN(C)C1. The fourth-order valence-corrected chi connectivity index (χ4v) is 2.91. The minimum Gasteiger partial charge on any atom is -0.462 e. The molecule has 1 saturated heterocycles. The fraction of sp³-hybridized carbons (Fsp3) is 0.533. The summed E-state index contributed by atoms with van der Waals surface area (Å²) < 4.78 is 5.07. The molecule has 0 bridgehead atoms. The maximum Gasteiger partial charge on any atom is 0.340 e. The van der Waals surface area contributed by atoms with Gasteiger partial charge in [-0.3, -0.25) is 0 Å². The molecule has 0 saturated carbocycles. The summed E-state index contributed by atoms with van der Waals surface area (Å²) in [5.74, 6) is 0.149. The van der Waals surface area contributed by atoms with Crippen LogP contribution >= 0.6 is 11.6 Å². The second kappa shape index (κ2) is 7.00. The van der Waals surface area contributed by atoms with Gasteiger partial charge in [-0.25, -0.2) is 4.79 Å². The normalized spacial score (nSPS) is 18.7. The van der Waals surface area contributed by atoms with Gasteiger partial charge in [0.25, 0.3) is 0 Å². The Morgan fingerprint density at radius 1 is 1.57 bits per heavy atom. The van der Waals surface area contributed by atoms with E-state index in [0.717, 1.165) is 26.1 Å². The minimum atomic E-state index is -0.405. The molecule has 3 N–H and O–H groups in total. The highest BCUT2D eigenvalue weighted by atomic mass is 35.5. The Balaban J connectivity index is 2.14. The predicted octanol–water partition coefficient (Wildman–Crippen LogP) is 2.46. The van der Waals surface area contributed by atoms with Crippen LogP contribution in [0.3, 0.4) is 0 Å². The Morgan fingerprint density at radius 2 is 2.33 bits per heavy atom. The van der Waals surface area contributed by atoms with Crippen LogP contribution in [0.25, 0.3) is 0 Å². The van der Waals surface area contributed by atoms with Crippen molar-refractivity contribution in [1.82, 2.24) is 4.90 Å². The van der Waals surface area contributed by atoms with Crippen LogP contribution in [0.2, 0.25) is 5.02 Å². The van der Waals surface area contributed by atoms with Gasteiger partial charge in [-0.2, -0.15) is 0 Å². The molecule has 0 aromatic heterocycles. The summed E-state index contributed by atoms with van der Waals surface area (Å²) in [6.07, 6.45) is 1.14. The first kappa shape index (κ1) is 15.9. The number of benzene rings is 1. The van der Waals surface area contributed by atoms with Crippen LogP contribution in [0, 0.1) is 5.92 Å². The number of halogens is 1. The van der Waals surface area contributed by atoms with Crippen LogP contribution in [0.5, 0.6) is 0 Å². The highest BCUT2D eigenvalue weighted by molar-refractivity contribution is 6.34. The van der Waals surface area contributed by atoms with Crippen LogP contribution in [0.1, 0.15) is 23.7 Å². The first-order chi connectivity index (χ1) is 10.0. The van der Waals surface area contributed by atoms with Crippen molar-refractivity contribution in [2.75, 3.05) is 44.3 Å². The van der Waals surface area contributed by atoms with E-state index < -0.39 is 5.97 Å². The van der Waals surface area contributed by atoms with Gasteiger partial charge in [-0.15, -0.1) is 0 Å². The number of rotatable bonds is 5. The van der Waals surface area contributed by atoms with Crippen molar-refractivity contribution in [3.8, 4) is 0 Å². The number of nitrogens with two attached hydrogens (primary N) is 1. The molecule has 0 spiro atoms. The third-order valence-corrected chi connectivity index (χ3v) is 3.96. The summed E-state index contributed by atoms with van der Waals surface area (Å²) in [6, 6.07) is 3.25. The average Bonchev–Trinajstić information content (AvgIpc) is 2.83. The van der Waals surface area contributed by atoms with Gasteiger partial charge < -0.3 is 20.7 Å². The zero-order valence-corrected chi connectivity index (χ0v) is 13.2. The lowest BCUT2D eigenvalue weighted by atomic mass is 10.1. The summed E-state index contributed by atoms with van der Waals surface area (Å²) in [5, 5.41) is 3.74. The Labute approximate surface area is 130 Å². The number of esters is 1. The summed E-state index contributed by atoms with van der Waals surface area (Å²) in [5.41, 5.74) is 7.23. The molecule has 1 heterocycles. The van der Waals surface area contributed by atoms with Gasteiger partial charge in [-0.05, 0) is 45.0 Å². The number of carbonyl (C=O) groups is 1.